The number of hydrogen-bond donors (Lipinski definition) is 0. The zero-order valence-corrected chi connectivity index (χ0v) is 12.7. The molecule has 1 aliphatic heterocycles. The first-order chi connectivity index (χ1) is 8.76. The molecule has 0 N–H and O–H groups in total. The number of hydrogen-bond acceptors (Lipinski definition) is 4. The number of carbonyl (C=O) groups is 2. The second kappa shape index (κ2) is 5.13. The van der Waals surface area contributed by atoms with Gasteiger partial charge < -0.3 is 4.74 Å². The van der Waals surface area contributed by atoms with Crippen molar-refractivity contribution in [1.29, 1.82) is 0 Å². The number of halogens is 1. The standard InChI is InChI=1S/C13H16ClNO3S/c1-13(2,3)18-12(17)15-7-8(6-11(15)16)9-4-5-10(14)19-9/h4-5,8H,6-7H2,1-3H3/t8-/m0/s1. The van der Waals surface area contributed by atoms with Crippen molar-refractivity contribution in [2.24, 2.45) is 0 Å². The number of amides is 2. The predicted molar refractivity (Wildman–Crippen MR) is 74.6 cm³/mol. The maximum Gasteiger partial charge on any atom is 0.417 e. The summed E-state index contributed by atoms with van der Waals surface area (Å²) in [7, 11) is 0. The molecule has 1 atom stereocenters. The molecule has 0 aromatic carbocycles. The minimum Gasteiger partial charge on any atom is -0.443 e. The van der Waals surface area contributed by atoms with Crippen molar-refractivity contribution < 1.29 is 14.3 Å². The Balaban J connectivity index is 2.05. The summed E-state index contributed by atoms with van der Waals surface area (Å²) < 4.78 is 5.92. The molecule has 0 spiro atoms. The number of nitrogens with zero attached hydrogens (tertiary/aromatic N) is 1. The molecule has 19 heavy (non-hydrogen) atoms. The lowest BCUT2D eigenvalue weighted by molar-refractivity contribution is -0.126. The van der Waals surface area contributed by atoms with Gasteiger partial charge in [0.1, 0.15) is 5.60 Å². The van der Waals surface area contributed by atoms with Gasteiger partial charge in [-0.25, -0.2) is 9.69 Å². The monoisotopic (exact) mass is 301 g/mol. The average molecular weight is 302 g/mol. The van der Waals surface area contributed by atoms with Crippen molar-refractivity contribution in [1.82, 2.24) is 4.90 Å². The molecular formula is C13H16ClNO3S. The van der Waals surface area contributed by atoms with Gasteiger partial charge in [-0.1, -0.05) is 11.6 Å². The van der Waals surface area contributed by atoms with Gasteiger partial charge in [-0.3, -0.25) is 4.79 Å². The highest BCUT2D eigenvalue weighted by atomic mass is 35.5. The maximum atomic E-state index is 11.9. The lowest BCUT2D eigenvalue weighted by Crippen LogP contribution is -2.37. The van der Waals surface area contributed by atoms with Crippen molar-refractivity contribution in [3.8, 4) is 0 Å². The molecule has 0 aliphatic carbocycles. The Morgan fingerprint density at radius 2 is 2.16 bits per heavy atom. The average Bonchev–Trinajstić information content (AvgIpc) is 2.82. The summed E-state index contributed by atoms with van der Waals surface area (Å²) in [6, 6.07) is 3.71. The second-order valence-corrected chi connectivity index (χ2v) is 7.27. The molecule has 1 fully saturated rings. The highest BCUT2D eigenvalue weighted by molar-refractivity contribution is 7.16. The summed E-state index contributed by atoms with van der Waals surface area (Å²) in [5, 5.41) is 0. The summed E-state index contributed by atoms with van der Waals surface area (Å²) in [6.45, 7) is 5.70. The van der Waals surface area contributed by atoms with E-state index in [1.165, 1.54) is 16.2 Å². The molecule has 0 bridgehead atoms. The molecule has 6 heteroatoms. The van der Waals surface area contributed by atoms with Crippen molar-refractivity contribution in [3.05, 3.63) is 21.3 Å². The lowest BCUT2D eigenvalue weighted by Gasteiger charge is -2.23. The van der Waals surface area contributed by atoms with Crippen molar-refractivity contribution in [3.63, 3.8) is 0 Å². The first kappa shape index (κ1) is 14.3. The van der Waals surface area contributed by atoms with Gasteiger partial charge in [-0.05, 0) is 32.9 Å². The Morgan fingerprint density at radius 1 is 1.47 bits per heavy atom. The van der Waals surface area contributed by atoms with Gasteiger partial charge in [-0.15, -0.1) is 11.3 Å². The summed E-state index contributed by atoms with van der Waals surface area (Å²) in [5.74, 6) is -0.165. The van der Waals surface area contributed by atoms with Crippen LogP contribution in [0.3, 0.4) is 0 Å². The summed E-state index contributed by atoms with van der Waals surface area (Å²) in [6.07, 6.45) is -0.238. The van der Waals surface area contributed by atoms with Gasteiger partial charge in [0, 0.05) is 23.8 Å². The van der Waals surface area contributed by atoms with Crippen molar-refractivity contribution >= 4 is 34.9 Å². The van der Waals surface area contributed by atoms with E-state index in [0.717, 1.165) is 4.88 Å². The van der Waals surface area contributed by atoms with E-state index >= 15 is 0 Å². The van der Waals surface area contributed by atoms with E-state index in [1.54, 1.807) is 20.8 Å². The van der Waals surface area contributed by atoms with E-state index in [9.17, 15) is 9.59 Å². The van der Waals surface area contributed by atoms with Crippen LogP contribution in [0.15, 0.2) is 12.1 Å². The molecule has 4 nitrogen and oxygen atoms in total. The van der Waals surface area contributed by atoms with Gasteiger partial charge in [0.2, 0.25) is 5.91 Å². The fourth-order valence-electron chi connectivity index (χ4n) is 1.94. The SMILES string of the molecule is CC(C)(C)OC(=O)N1C[C@@H](c2ccc(Cl)s2)CC1=O. The number of carbonyl (C=O) groups excluding carboxylic acids is 2. The zero-order valence-electron chi connectivity index (χ0n) is 11.1. The van der Waals surface area contributed by atoms with Crippen LogP contribution >= 0.6 is 22.9 Å². The number of ether oxygens (including phenoxy) is 1. The van der Waals surface area contributed by atoms with Crippen molar-refractivity contribution in [2.75, 3.05) is 6.54 Å². The Hall–Kier alpha value is -1.07. The van der Waals surface area contributed by atoms with Crippen LogP contribution in [0.2, 0.25) is 4.34 Å². The van der Waals surface area contributed by atoms with Crippen LogP contribution in [-0.2, 0) is 9.53 Å². The molecule has 2 heterocycles. The van der Waals surface area contributed by atoms with Crippen molar-refractivity contribution in [2.45, 2.75) is 38.7 Å². The van der Waals surface area contributed by atoms with Gasteiger partial charge in [0.15, 0.2) is 0 Å². The third-order valence-corrected chi connectivity index (χ3v) is 4.13. The Morgan fingerprint density at radius 3 is 2.68 bits per heavy atom. The van der Waals surface area contributed by atoms with Crippen LogP contribution in [0.5, 0.6) is 0 Å². The maximum absolute atomic E-state index is 11.9. The molecule has 2 amide bonds. The van der Waals surface area contributed by atoms with E-state index in [0.29, 0.717) is 17.3 Å². The van der Waals surface area contributed by atoms with E-state index in [2.05, 4.69) is 0 Å². The van der Waals surface area contributed by atoms with Gasteiger partial charge in [-0.2, -0.15) is 0 Å². The van der Waals surface area contributed by atoms with Crippen LogP contribution < -0.4 is 0 Å². The molecule has 1 aliphatic rings. The number of rotatable bonds is 1. The fraction of sp³-hybridized carbons (Fsp3) is 0.538. The summed E-state index contributed by atoms with van der Waals surface area (Å²) >= 11 is 7.34. The molecular weight excluding hydrogens is 286 g/mol. The Labute approximate surface area is 121 Å². The highest BCUT2D eigenvalue weighted by Crippen LogP contribution is 2.35. The van der Waals surface area contributed by atoms with E-state index in [4.69, 9.17) is 16.3 Å². The predicted octanol–water partition coefficient (Wildman–Crippen LogP) is 3.65. The van der Waals surface area contributed by atoms with Crippen LogP contribution in [0.25, 0.3) is 0 Å². The molecule has 0 saturated carbocycles. The van der Waals surface area contributed by atoms with E-state index in [1.807, 2.05) is 12.1 Å². The minimum absolute atomic E-state index is 0.0255. The molecule has 1 aromatic rings. The molecule has 1 saturated heterocycles. The number of thiophene rings is 1. The van der Waals surface area contributed by atoms with Crippen LogP contribution in [0.4, 0.5) is 4.79 Å². The van der Waals surface area contributed by atoms with Gasteiger partial charge in [0.05, 0.1) is 4.34 Å². The van der Waals surface area contributed by atoms with Gasteiger partial charge >= 0.3 is 6.09 Å². The fourth-order valence-corrected chi connectivity index (χ4v) is 3.09. The summed E-state index contributed by atoms with van der Waals surface area (Å²) in [5.41, 5.74) is -0.596. The van der Waals surface area contributed by atoms with E-state index < -0.39 is 11.7 Å². The van der Waals surface area contributed by atoms with E-state index in [-0.39, 0.29) is 11.8 Å². The largest absolute Gasteiger partial charge is 0.443 e. The molecule has 1 aromatic heterocycles. The molecule has 0 unspecified atom stereocenters. The van der Waals surface area contributed by atoms with Crippen LogP contribution in [0.1, 0.15) is 38.0 Å². The first-order valence-corrected chi connectivity index (χ1v) is 7.24. The molecule has 0 radical (unpaired) electrons. The first-order valence-electron chi connectivity index (χ1n) is 6.05. The normalized spacial score (nSPS) is 19.9. The lowest BCUT2D eigenvalue weighted by atomic mass is 10.1. The molecule has 104 valence electrons. The summed E-state index contributed by atoms with van der Waals surface area (Å²) in [4.78, 5) is 26.0. The minimum atomic E-state index is -0.596. The van der Waals surface area contributed by atoms with Crippen LogP contribution in [0, 0.1) is 0 Å². The Bertz CT molecular complexity index is 506. The topological polar surface area (TPSA) is 46.6 Å². The third kappa shape index (κ3) is 3.48. The number of likely N-dealkylation sites (tertiary alicyclic amines) is 1. The molecule has 2 rings (SSSR count). The quantitative estimate of drug-likeness (QED) is 0.795. The Kier molecular flexibility index (Phi) is 3.87. The smallest absolute Gasteiger partial charge is 0.417 e. The second-order valence-electron chi connectivity index (χ2n) is 5.53. The van der Waals surface area contributed by atoms with Gasteiger partial charge in [0.25, 0.3) is 0 Å². The third-order valence-electron chi connectivity index (χ3n) is 2.74. The van der Waals surface area contributed by atoms with Crippen LogP contribution in [-0.4, -0.2) is 29.0 Å². The number of imide groups is 1. The zero-order chi connectivity index (χ0) is 14.2. The highest BCUT2D eigenvalue weighted by Gasteiger charge is 2.37.